The minimum Gasteiger partial charge on any atom is -0.504 e. The molecule has 3 atom stereocenters. The zero-order valence-corrected chi connectivity index (χ0v) is 17.1. The molecule has 1 aliphatic heterocycles. The van der Waals surface area contributed by atoms with E-state index in [2.05, 4.69) is 29.2 Å². The molecule has 1 aliphatic carbocycles. The van der Waals surface area contributed by atoms with Crippen LogP contribution in [0, 0.1) is 5.92 Å². The fourth-order valence-corrected chi connectivity index (χ4v) is 5.16. The van der Waals surface area contributed by atoms with Crippen LogP contribution in [-0.2, 0) is 0 Å². The van der Waals surface area contributed by atoms with E-state index >= 15 is 0 Å². The van der Waals surface area contributed by atoms with Crippen LogP contribution in [0.2, 0.25) is 0 Å². The number of ether oxygens (including phenoxy) is 1. The lowest BCUT2D eigenvalue weighted by Gasteiger charge is -2.52. The van der Waals surface area contributed by atoms with Crippen LogP contribution in [0.4, 0.5) is 0 Å². The van der Waals surface area contributed by atoms with Gasteiger partial charge < -0.3 is 14.9 Å². The highest BCUT2D eigenvalue weighted by atomic mass is 16.5. The summed E-state index contributed by atoms with van der Waals surface area (Å²) in [6.45, 7) is 1.69. The van der Waals surface area contributed by atoms with E-state index in [0.717, 1.165) is 50.8 Å². The van der Waals surface area contributed by atoms with Gasteiger partial charge in [0.05, 0.1) is 12.7 Å². The average molecular weight is 394 g/mol. The SMILES string of the molecule is COc1cc([C@H]2[C@@H]3CCCC[C@@]3(O)CCN2C/C=C/c2ccccc2)ccc1O. The summed E-state index contributed by atoms with van der Waals surface area (Å²) in [5.41, 5.74) is 1.72. The van der Waals surface area contributed by atoms with E-state index in [1.165, 1.54) is 5.56 Å². The Hall–Kier alpha value is -2.30. The first-order valence-corrected chi connectivity index (χ1v) is 10.7. The molecule has 2 aromatic rings. The van der Waals surface area contributed by atoms with Crippen molar-refractivity contribution in [2.45, 2.75) is 43.7 Å². The highest BCUT2D eigenvalue weighted by Crippen LogP contribution is 2.50. The van der Waals surface area contributed by atoms with Gasteiger partial charge in [0.15, 0.2) is 11.5 Å². The number of phenols is 1. The molecule has 2 fully saturated rings. The van der Waals surface area contributed by atoms with Gasteiger partial charge in [0.25, 0.3) is 0 Å². The topological polar surface area (TPSA) is 52.9 Å². The van der Waals surface area contributed by atoms with Gasteiger partial charge in [-0.3, -0.25) is 4.90 Å². The molecule has 29 heavy (non-hydrogen) atoms. The van der Waals surface area contributed by atoms with Gasteiger partial charge in [0.2, 0.25) is 0 Å². The molecule has 2 aliphatic rings. The van der Waals surface area contributed by atoms with Crippen molar-refractivity contribution in [3.8, 4) is 11.5 Å². The normalized spacial score (nSPS) is 27.7. The molecule has 0 radical (unpaired) electrons. The lowest BCUT2D eigenvalue weighted by Crippen LogP contribution is -2.54. The number of hydrogen-bond donors (Lipinski definition) is 2. The van der Waals surface area contributed by atoms with Crippen LogP contribution in [0.3, 0.4) is 0 Å². The molecule has 0 spiro atoms. The van der Waals surface area contributed by atoms with Crippen LogP contribution in [-0.4, -0.2) is 40.9 Å². The van der Waals surface area contributed by atoms with Crippen LogP contribution >= 0.6 is 0 Å². The Bertz CT molecular complexity index is 850. The smallest absolute Gasteiger partial charge is 0.160 e. The zero-order chi connectivity index (χ0) is 20.3. The molecule has 1 saturated carbocycles. The lowest BCUT2D eigenvalue weighted by atomic mass is 9.66. The number of aromatic hydroxyl groups is 1. The molecular formula is C25H31NO3. The van der Waals surface area contributed by atoms with Crippen molar-refractivity contribution in [1.82, 2.24) is 4.90 Å². The Morgan fingerprint density at radius 2 is 1.97 bits per heavy atom. The summed E-state index contributed by atoms with van der Waals surface area (Å²) in [5.74, 6) is 0.845. The number of nitrogens with zero attached hydrogens (tertiary/aromatic N) is 1. The first-order chi connectivity index (χ1) is 14.1. The van der Waals surface area contributed by atoms with Gasteiger partial charge in [-0.1, -0.05) is 61.4 Å². The van der Waals surface area contributed by atoms with E-state index in [-0.39, 0.29) is 17.7 Å². The van der Waals surface area contributed by atoms with Gasteiger partial charge in [0.1, 0.15) is 0 Å². The first-order valence-electron chi connectivity index (χ1n) is 10.7. The van der Waals surface area contributed by atoms with Crippen molar-refractivity contribution < 1.29 is 14.9 Å². The summed E-state index contributed by atoms with van der Waals surface area (Å²) in [6, 6.07) is 16.1. The first kappa shape index (κ1) is 20.0. The monoisotopic (exact) mass is 393 g/mol. The fraction of sp³-hybridized carbons (Fsp3) is 0.440. The Morgan fingerprint density at radius 3 is 2.76 bits per heavy atom. The summed E-state index contributed by atoms with van der Waals surface area (Å²) >= 11 is 0. The van der Waals surface area contributed by atoms with Crippen LogP contribution < -0.4 is 4.74 Å². The minimum atomic E-state index is -0.590. The van der Waals surface area contributed by atoms with E-state index < -0.39 is 5.60 Å². The summed E-state index contributed by atoms with van der Waals surface area (Å²) in [6.07, 6.45) is 9.38. The molecule has 0 bridgehead atoms. The number of fused-ring (bicyclic) bond motifs is 1. The Kier molecular flexibility index (Phi) is 5.93. The number of hydrogen-bond acceptors (Lipinski definition) is 4. The van der Waals surface area contributed by atoms with Crippen molar-refractivity contribution in [2.75, 3.05) is 20.2 Å². The van der Waals surface area contributed by atoms with Gasteiger partial charge in [-0.15, -0.1) is 0 Å². The minimum absolute atomic E-state index is 0.115. The van der Waals surface area contributed by atoms with E-state index in [4.69, 9.17) is 4.74 Å². The average Bonchev–Trinajstić information content (AvgIpc) is 2.75. The third kappa shape index (κ3) is 4.19. The second-order valence-electron chi connectivity index (χ2n) is 8.39. The molecule has 2 N–H and O–H groups in total. The Labute approximate surface area is 173 Å². The third-order valence-electron chi connectivity index (χ3n) is 6.67. The van der Waals surface area contributed by atoms with Crippen molar-refractivity contribution >= 4 is 6.08 Å². The van der Waals surface area contributed by atoms with Gasteiger partial charge >= 0.3 is 0 Å². The molecule has 4 heteroatoms. The Balaban J connectivity index is 1.63. The number of methoxy groups -OCH3 is 1. The van der Waals surface area contributed by atoms with E-state index in [0.29, 0.717) is 5.75 Å². The van der Waals surface area contributed by atoms with Crippen molar-refractivity contribution in [3.05, 3.63) is 65.7 Å². The maximum absolute atomic E-state index is 11.4. The molecule has 0 unspecified atom stereocenters. The van der Waals surface area contributed by atoms with Crippen molar-refractivity contribution in [1.29, 1.82) is 0 Å². The number of benzene rings is 2. The molecule has 4 nitrogen and oxygen atoms in total. The van der Waals surface area contributed by atoms with E-state index in [1.807, 2.05) is 30.3 Å². The fourth-order valence-electron chi connectivity index (χ4n) is 5.16. The molecule has 1 heterocycles. The number of piperidine rings is 1. The summed E-state index contributed by atoms with van der Waals surface area (Å²) in [4.78, 5) is 2.47. The molecule has 0 amide bonds. The summed E-state index contributed by atoms with van der Waals surface area (Å²) in [7, 11) is 1.58. The number of phenolic OH excluding ortho intramolecular Hbond substituents is 1. The number of likely N-dealkylation sites (tertiary alicyclic amines) is 1. The predicted octanol–water partition coefficient (Wildman–Crippen LogP) is 4.78. The highest BCUT2D eigenvalue weighted by Gasteiger charge is 2.48. The maximum Gasteiger partial charge on any atom is 0.160 e. The van der Waals surface area contributed by atoms with Gasteiger partial charge in [-0.05, 0) is 42.5 Å². The van der Waals surface area contributed by atoms with E-state index in [1.54, 1.807) is 13.2 Å². The predicted molar refractivity (Wildman–Crippen MR) is 116 cm³/mol. The standard InChI is InChI=1S/C25H31NO3/c1-29-23-18-20(12-13-22(23)27)24-21-11-5-6-14-25(21,28)15-17-26(24)16-7-10-19-8-3-2-4-9-19/h2-4,7-10,12-13,18,21,24,27-28H,5-6,11,14-17H2,1H3/b10-7+/t21-,24-,25+/m0/s1. The van der Waals surface area contributed by atoms with E-state index in [9.17, 15) is 10.2 Å². The van der Waals surface area contributed by atoms with Gasteiger partial charge in [0, 0.05) is 25.0 Å². The van der Waals surface area contributed by atoms with Gasteiger partial charge in [-0.2, -0.15) is 0 Å². The highest BCUT2D eigenvalue weighted by molar-refractivity contribution is 5.49. The molecule has 2 aromatic carbocycles. The largest absolute Gasteiger partial charge is 0.504 e. The Morgan fingerprint density at radius 1 is 1.14 bits per heavy atom. The van der Waals surface area contributed by atoms with Crippen molar-refractivity contribution in [3.63, 3.8) is 0 Å². The van der Waals surface area contributed by atoms with Crippen molar-refractivity contribution in [2.24, 2.45) is 5.92 Å². The van der Waals surface area contributed by atoms with Crippen LogP contribution in [0.25, 0.3) is 6.08 Å². The third-order valence-corrected chi connectivity index (χ3v) is 6.67. The second kappa shape index (κ2) is 8.60. The lowest BCUT2D eigenvalue weighted by molar-refractivity contribution is -0.122. The molecule has 0 aromatic heterocycles. The molecule has 1 saturated heterocycles. The quantitative estimate of drug-likeness (QED) is 0.767. The van der Waals surface area contributed by atoms with Crippen LogP contribution in [0.1, 0.15) is 49.3 Å². The molecular weight excluding hydrogens is 362 g/mol. The van der Waals surface area contributed by atoms with Crippen LogP contribution in [0.15, 0.2) is 54.6 Å². The van der Waals surface area contributed by atoms with Crippen LogP contribution in [0.5, 0.6) is 11.5 Å². The number of aliphatic hydroxyl groups is 1. The number of rotatable bonds is 5. The zero-order valence-electron chi connectivity index (χ0n) is 17.1. The molecule has 4 rings (SSSR count). The maximum atomic E-state index is 11.4. The van der Waals surface area contributed by atoms with Gasteiger partial charge in [-0.25, -0.2) is 0 Å². The second-order valence-corrected chi connectivity index (χ2v) is 8.39. The summed E-state index contributed by atoms with van der Waals surface area (Å²) in [5, 5.41) is 21.5. The summed E-state index contributed by atoms with van der Waals surface area (Å²) < 4.78 is 5.37. The molecule has 154 valence electrons.